The van der Waals surface area contributed by atoms with Gasteiger partial charge in [0.2, 0.25) is 0 Å². The van der Waals surface area contributed by atoms with Crippen LogP contribution in [0.25, 0.3) is 0 Å². The minimum Gasteiger partial charge on any atom is -0.481 e. The van der Waals surface area contributed by atoms with Crippen molar-refractivity contribution in [1.82, 2.24) is 0 Å². The predicted octanol–water partition coefficient (Wildman–Crippen LogP) is 2.52. The van der Waals surface area contributed by atoms with Crippen LogP contribution in [0.2, 0.25) is 0 Å². The van der Waals surface area contributed by atoms with Crippen molar-refractivity contribution < 1.29 is 13.5 Å². The summed E-state index contributed by atoms with van der Waals surface area (Å²) in [5.74, 6) is -1.86. The largest absolute Gasteiger partial charge is 0.481 e. The number of hydrogen-bond donors (Lipinski definition) is 1. The first-order valence-electron chi connectivity index (χ1n) is 4.28. The van der Waals surface area contributed by atoms with Gasteiger partial charge in [0.25, 0.3) is 0 Å². The van der Waals surface area contributed by atoms with Crippen LogP contribution in [-0.2, 0) is 11.2 Å². The van der Waals surface area contributed by atoms with E-state index in [1.54, 1.807) is 6.92 Å². The predicted molar refractivity (Wildman–Crippen MR) is 49.4 cm³/mol. The molecule has 0 heterocycles. The third-order valence-corrected chi connectivity index (χ3v) is 1.70. The summed E-state index contributed by atoms with van der Waals surface area (Å²) in [5.41, 5.74) is 0.142. The molecule has 0 aliphatic carbocycles. The van der Waals surface area contributed by atoms with Gasteiger partial charge in [-0.05, 0) is 13.0 Å². The molecule has 14 heavy (non-hydrogen) atoms. The van der Waals surface area contributed by atoms with Crippen molar-refractivity contribution in [3.05, 3.63) is 35.4 Å². The van der Waals surface area contributed by atoms with Crippen molar-refractivity contribution in [2.75, 3.05) is 6.61 Å². The molecule has 0 aliphatic heterocycles. The summed E-state index contributed by atoms with van der Waals surface area (Å²) >= 11 is 0. The Labute approximate surface area is 81.0 Å². The molecule has 0 spiro atoms. The molecule has 1 aromatic carbocycles. The van der Waals surface area contributed by atoms with Crippen molar-refractivity contribution in [3.8, 4) is 0 Å². The van der Waals surface area contributed by atoms with Crippen molar-refractivity contribution in [2.24, 2.45) is 0 Å². The molecule has 0 fully saturated rings. The van der Waals surface area contributed by atoms with E-state index >= 15 is 0 Å². The SMILES string of the molecule is CCOC(=N)Cc1cccc(F)c1F. The molecule has 0 aliphatic rings. The average Bonchev–Trinajstić information content (AvgIpc) is 2.13. The number of benzene rings is 1. The second kappa shape index (κ2) is 4.69. The van der Waals surface area contributed by atoms with Crippen molar-refractivity contribution in [3.63, 3.8) is 0 Å². The third-order valence-electron chi connectivity index (χ3n) is 1.70. The lowest BCUT2D eigenvalue weighted by Crippen LogP contribution is -2.08. The first kappa shape index (κ1) is 10.6. The fraction of sp³-hybridized carbons (Fsp3) is 0.300. The first-order valence-corrected chi connectivity index (χ1v) is 4.28. The highest BCUT2D eigenvalue weighted by molar-refractivity contribution is 5.75. The Morgan fingerprint density at radius 1 is 1.43 bits per heavy atom. The molecule has 0 aromatic heterocycles. The van der Waals surface area contributed by atoms with Gasteiger partial charge < -0.3 is 4.74 Å². The number of hydrogen-bond acceptors (Lipinski definition) is 2. The summed E-state index contributed by atoms with van der Waals surface area (Å²) in [5, 5.41) is 7.28. The van der Waals surface area contributed by atoms with Gasteiger partial charge in [-0.15, -0.1) is 0 Å². The van der Waals surface area contributed by atoms with Crippen LogP contribution in [0, 0.1) is 17.0 Å². The van der Waals surface area contributed by atoms with E-state index in [4.69, 9.17) is 10.1 Å². The Balaban J connectivity index is 2.76. The van der Waals surface area contributed by atoms with Crippen molar-refractivity contribution in [2.45, 2.75) is 13.3 Å². The summed E-state index contributed by atoms with van der Waals surface area (Å²) in [7, 11) is 0. The van der Waals surface area contributed by atoms with Crippen molar-refractivity contribution >= 4 is 5.90 Å². The first-order chi connectivity index (χ1) is 6.65. The van der Waals surface area contributed by atoms with Gasteiger partial charge in [-0.25, -0.2) is 8.78 Å². The lowest BCUT2D eigenvalue weighted by atomic mass is 10.1. The van der Waals surface area contributed by atoms with Crippen LogP contribution in [0.4, 0.5) is 8.78 Å². The highest BCUT2D eigenvalue weighted by Crippen LogP contribution is 2.12. The van der Waals surface area contributed by atoms with Gasteiger partial charge in [-0.3, -0.25) is 5.41 Å². The maximum absolute atomic E-state index is 13.1. The van der Waals surface area contributed by atoms with Crippen LogP contribution in [-0.4, -0.2) is 12.5 Å². The van der Waals surface area contributed by atoms with Gasteiger partial charge in [-0.1, -0.05) is 12.1 Å². The fourth-order valence-corrected chi connectivity index (χ4v) is 1.08. The Kier molecular flexibility index (Phi) is 3.56. The van der Waals surface area contributed by atoms with Crippen LogP contribution in [0.3, 0.4) is 0 Å². The van der Waals surface area contributed by atoms with Gasteiger partial charge in [0.15, 0.2) is 17.5 Å². The molecule has 1 N–H and O–H groups in total. The summed E-state index contributed by atoms with van der Waals surface area (Å²) in [4.78, 5) is 0. The molecule has 0 amide bonds. The quantitative estimate of drug-likeness (QED) is 0.589. The summed E-state index contributed by atoms with van der Waals surface area (Å²) < 4.78 is 30.6. The number of halogens is 2. The van der Waals surface area contributed by atoms with Crippen LogP contribution < -0.4 is 0 Å². The van der Waals surface area contributed by atoms with E-state index in [0.717, 1.165) is 6.07 Å². The second-order valence-electron chi connectivity index (χ2n) is 2.75. The van der Waals surface area contributed by atoms with Crippen LogP contribution in [0.15, 0.2) is 18.2 Å². The number of rotatable bonds is 3. The third kappa shape index (κ3) is 2.52. The molecule has 76 valence electrons. The zero-order valence-electron chi connectivity index (χ0n) is 7.81. The Bertz CT molecular complexity index is 339. The average molecular weight is 199 g/mol. The molecular formula is C10H11F2NO. The van der Waals surface area contributed by atoms with Gasteiger partial charge in [0, 0.05) is 5.56 Å². The van der Waals surface area contributed by atoms with Gasteiger partial charge in [0.05, 0.1) is 13.0 Å². The van der Waals surface area contributed by atoms with Gasteiger partial charge in [0.1, 0.15) is 0 Å². The molecular weight excluding hydrogens is 188 g/mol. The van der Waals surface area contributed by atoms with E-state index in [0.29, 0.717) is 6.61 Å². The Morgan fingerprint density at radius 3 is 2.79 bits per heavy atom. The topological polar surface area (TPSA) is 33.1 Å². The molecule has 0 atom stereocenters. The van der Waals surface area contributed by atoms with Gasteiger partial charge in [-0.2, -0.15) is 0 Å². The number of ether oxygens (including phenoxy) is 1. The Morgan fingerprint density at radius 2 is 2.14 bits per heavy atom. The monoisotopic (exact) mass is 199 g/mol. The zero-order valence-corrected chi connectivity index (χ0v) is 7.81. The van der Waals surface area contributed by atoms with Gasteiger partial charge >= 0.3 is 0 Å². The van der Waals surface area contributed by atoms with Crippen LogP contribution in [0.1, 0.15) is 12.5 Å². The molecule has 0 bridgehead atoms. The molecule has 1 aromatic rings. The van der Waals surface area contributed by atoms with Crippen LogP contribution >= 0.6 is 0 Å². The summed E-state index contributed by atoms with van der Waals surface area (Å²) in [6.45, 7) is 2.09. The minimum absolute atomic E-state index is 0.0164. The smallest absolute Gasteiger partial charge is 0.184 e. The highest BCUT2D eigenvalue weighted by atomic mass is 19.2. The van der Waals surface area contributed by atoms with E-state index in [9.17, 15) is 8.78 Å². The zero-order chi connectivity index (χ0) is 10.6. The molecule has 1 rings (SSSR count). The molecule has 2 nitrogen and oxygen atoms in total. The molecule has 4 heteroatoms. The number of nitrogens with one attached hydrogen (secondary N) is 1. The van der Waals surface area contributed by atoms with Crippen LogP contribution in [0.5, 0.6) is 0 Å². The van der Waals surface area contributed by atoms with E-state index in [2.05, 4.69) is 0 Å². The van der Waals surface area contributed by atoms with E-state index in [1.807, 2.05) is 0 Å². The maximum atomic E-state index is 13.1. The molecule has 0 radical (unpaired) electrons. The lowest BCUT2D eigenvalue weighted by molar-refractivity contribution is 0.316. The summed E-state index contributed by atoms with van der Waals surface area (Å²) in [6, 6.07) is 3.89. The van der Waals surface area contributed by atoms with Crippen molar-refractivity contribution in [1.29, 1.82) is 5.41 Å². The molecule has 0 saturated carbocycles. The minimum atomic E-state index is -0.906. The fourth-order valence-electron chi connectivity index (χ4n) is 1.08. The maximum Gasteiger partial charge on any atom is 0.184 e. The Hall–Kier alpha value is -1.45. The highest BCUT2D eigenvalue weighted by Gasteiger charge is 2.09. The molecule has 0 unspecified atom stereocenters. The van der Waals surface area contributed by atoms with E-state index < -0.39 is 11.6 Å². The standard InChI is InChI=1S/C10H11F2NO/c1-2-14-9(13)6-7-4-3-5-8(11)10(7)12/h3-5,13H,2,6H2,1H3. The second-order valence-corrected chi connectivity index (χ2v) is 2.75. The lowest BCUT2D eigenvalue weighted by Gasteiger charge is -2.05. The normalized spacial score (nSPS) is 9.93. The summed E-state index contributed by atoms with van der Waals surface area (Å²) in [6.07, 6.45) is -0.0164. The van der Waals surface area contributed by atoms with E-state index in [1.165, 1.54) is 12.1 Å². The molecule has 0 saturated heterocycles. The van der Waals surface area contributed by atoms with E-state index in [-0.39, 0.29) is 17.9 Å².